The molecule has 3 rings (SSSR count). The van der Waals surface area contributed by atoms with Crippen molar-refractivity contribution < 1.29 is 0 Å². The lowest BCUT2D eigenvalue weighted by atomic mass is 9.76. The van der Waals surface area contributed by atoms with Gasteiger partial charge in [-0.2, -0.15) is 0 Å². The summed E-state index contributed by atoms with van der Waals surface area (Å²) in [7, 11) is 0. The Labute approximate surface area is 177 Å². The second kappa shape index (κ2) is 9.98. The van der Waals surface area contributed by atoms with Crippen LogP contribution in [0.25, 0.3) is 0 Å². The van der Waals surface area contributed by atoms with Gasteiger partial charge in [0.1, 0.15) is 0 Å². The molecule has 156 valence electrons. The summed E-state index contributed by atoms with van der Waals surface area (Å²) in [5.41, 5.74) is 4.29. The Hall–Kier alpha value is -2.26. The van der Waals surface area contributed by atoms with Gasteiger partial charge in [-0.05, 0) is 56.9 Å². The van der Waals surface area contributed by atoms with Crippen LogP contribution in [-0.4, -0.2) is 42.0 Å². The predicted octanol–water partition coefficient (Wildman–Crippen LogP) is 5.21. The summed E-state index contributed by atoms with van der Waals surface area (Å²) in [4.78, 5) is 5.20. The molecule has 29 heavy (non-hydrogen) atoms. The maximum Gasteiger partial charge on any atom is 0.0311 e. The highest BCUT2D eigenvalue weighted by molar-refractivity contribution is 5.33. The largest absolute Gasteiger partial charge is 0.371 e. The van der Waals surface area contributed by atoms with Gasteiger partial charge in [-0.1, -0.05) is 55.6 Å². The van der Waals surface area contributed by atoms with E-state index in [-0.39, 0.29) is 5.41 Å². The van der Waals surface area contributed by atoms with Crippen molar-refractivity contribution in [2.24, 2.45) is 0 Å². The van der Waals surface area contributed by atoms with Crippen LogP contribution < -0.4 is 5.32 Å². The lowest BCUT2D eigenvalue weighted by molar-refractivity contribution is 0.144. The molecule has 2 fully saturated rings. The molecule has 2 aliphatic heterocycles. The second-order valence-corrected chi connectivity index (χ2v) is 8.66. The Morgan fingerprint density at radius 1 is 1.24 bits per heavy atom. The van der Waals surface area contributed by atoms with E-state index in [4.69, 9.17) is 0 Å². The van der Waals surface area contributed by atoms with Crippen LogP contribution in [0.3, 0.4) is 0 Å². The third kappa shape index (κ3) is 5.22. The highest BCUT2D eigenvalue weighted by atomic mass is 15.2. The summed E-state index contributed by atoms with van der Waals surface area (Å²) < 4.78 is 0. The van der Waals surface area contributed by atoms with Crippen LogP contribution in [0.4, 0.5) is 0 Å². The van der Waals surface area contributed by atoms with E-state index in [1.165, 1.54) is 29.7 Å². The van der Waals surface area contributed by atoms with Crippen LogP contribution >= 0.6 is 0 Å². The van der Waals surface area contributed by atoms with Crippen molar-refractivity contribution in [2.45, 2.75) is 51.0 Å². The van der Waals surface area contributed by atoms with E-state index in [1.807, 2.05) is 0 Å². The van der Waals surface area contributed by atoms with Crippen molar-refractivity contribution >= 4 is 0 Å². The van der Waals surface area contributed by atoms with Crippen molar-refractivity contribution in [1.82, 2.24) is 15.1 Å². The zero-order valence-corrected chi connectivity index (χ0v) is 18.2. The Balaban J connectivity index is 1.65. The number of benzene rings is 1. The zero-order valence-electron chi connectivity index (χ0n) is 18.2. The molecule has 1 N–H and O–H groups in total. The first-order valence-electron chi connectivity index (χ1n) is 10.9. The number of allylic oxidation sites excluding steroid dienone is 3. The average Bonchev–Trinajstić information content (AvgIpc) is 3.09. The monoisotopic (exact) mass is 391 g/mol. The normalized spacial score (nSPS) is 24.4. The molecule has 2 saturated heterocycles. The molecule has 3 heteroatoms. The van der Waals surface area contributed by atoms with Gasteiger partial charge in [-0.25, -0.2) is 0 Å². The van der Waals surface area contributed by atoms with Crippen molar-refractivity contribution in [3.8, 4) is 0 Å². The summed E-state index contributed by atoms with van der Waals surface area (Å²) in [5, 5.41) is 3.09. The highest BCUT2D eigenvalue weighted by Gasteiger charge is 2.43. The van der Waals surface area contributed by atoms with E-state index in [0.717, 1.165) is 39.0 Å². The van der Waals surface area contributed by atoms with Crippen LogP contribution in [0.15, 0.2) is 79.3 Å². The van der Waals surface area contributed by atoms with Crippen LogP contribution in [0.1, 0.15) is 45.1 Å². The number of rotatable bonds is 8. The number of nitrogens with one attached hydrogen (secondary N) is 1. The van der Waals surface area contributed by atoms with E-state index in [1.54, 1.807) is 6.20 Å². The quantitative estimate of drug-likeness (QED) is 0.614. The van der Waals surface area contributed by atoms with E-state index in [9.17, 15) is 0 Å². The standard InChI is InChI=1S/C26H37N3/c1-5-7-15-26(24-11-9-8-10-12-24)18-23(4)29(21-26)25-13-16-28(17-14-25)20-22(3)19-27-6-2/h5-12,19,25,27H,2,4,13-18,20-21H2,1,3H3/b7-5-,22-19+. The lowest BCUT2D eigenvalue weighted by Gasteiger charge is -2.39. The number of piperidine rings is 1. The van der Waals surface area contributed by atoms with Gasteiger partial charge in [-0.15, -0.1) is 0 Å². The summed E-state index contributed by atoms with van der Waals surface area (Å²) in [5.74, 6) is 0. The molecule has 1 unspecified atom stereocenters. The van der Waals surface area contributed by atoms with Crippen LogP contribution in [0, 0.1) is 0 Å². The third-order valence-corrected chi connectivity index (χ3v) is 6.47. The smallest absolute Gasteiger partial charge is 0.0311 e. The molecule has 1 atom stereocenters. The van der Waals surface area contributed by atoms with Crippen LogP contribution in [-0.2, 0) is 5.41 Å². The molecule has 2 heterocycles. The molecule has 0 amide bonds. The summed E-state index contributed by atoms with van der Waals surface area (Å²) >= 11 is 0. The summed E-state index contributed by atoms with van der Waals surface area (Å²) in [6.07, 6.45) is 12.9. The van der Waals surface area contributed by atoms with Crippen LogP contribution in [0.2, 0.25) is 0 Å². The summed E-state index contributed by atoms with van der Waals surface area (Å²) in [6, 6.07) is 11.7. The summed E-state index contributed by atoms with van der Waals surface area (Å²) in [6.45, 7) is 16.9. The maximum atomic E-state index is 4.50. The van der Waals surface area contributed by atoms with Crippen molar-refractivity contribution in [2.75, 3.05) is 26.2 Å². The van der Waals surface area contributed by atoms with Crippen molar-refractivity contribution in [3.63, 3.8) is 0 Å². The zero-order chi connectivity index (χ0) is 20.7. The fourth-order valence-electron chi connectivity index (χ4n) is 4.94. The Morgan fingerprint density at radius 3 is 2.62 bits per heavy atom. The maximum absolute atomic E-state index is 4.50. The van der Waals surface area contributed by atoms with Gasteiger partial charge in [0.15, 0.2) is 0 Å². The minimum absolute atomic E-state index is 0.164. The minimum Gasteiger partial charge on any atom is -0.371 e. The molecule has 1 aromatic carbocycles. The van der Waals surface area contributed by atoms with Gasteiger partial charge < -0.3 is 10.2 Å². The highest BCUT2D eigenvalue weighted by Crippen LogP contribution is 2.44. The fraction of sp³-hybridized carbons (Fsp3) is 0.462. The SMILES string of the molecule is C=CN/C=C(\C)CN1CCC(N2CC(C/C=C\C)(c3ccccc3)CC2=C)CC1. The van der Waals surface area contributed by atoms with Gasteiger partial charge in [0, 0.05) is 49.5 Å². The molecule has 0 radical (unpaired) electrons. The Bertz CT molecular complexity index is 740. The number of likely N-dealkylation sites (tertiary alicyclic amines) is 2. The molecule has 2 aliphatic rings. The first kappa shape index (κ1) is 21.4. The van der Waals surface area contributed by atoms with E-state index in [2.05, 4.69) is 90.8 Å². The molecule has 3 nitrogen and oxygen atoms in total. The van der Waals surface area contributed by atoms with Crippen molar-refractivity contribution in [3.05, 3.63) is 84.9 Å². The molecule has 0 aliphatic carbocycles. The Morgan fingerprint density at radius 2 is 1.97 bits per heavy atom. The van der Waals surface area contributed by atoms with Gasteiger partial charge >= 0.3 is 0 Å². The average molecular weight is 392 g/mol. The molecule has 0 aromatic heterocycles. The number of hydrogen-bond acceptors (Lipinski definition) is 3. The minimum atomic E-state index is 0.164. The molecular formula is C26H37N3. The predicted molar refractivity (Wildman–Crippen MR) is 125 cm³/mol. The van der Waals surface area contributed by atoms with Gasteiger partial charge in [0.05, 0.1) is 0 Å². The van der Waals surface area contributed by atoms with Gasteiger partial charge in [0.25, 0.3) is 0 Å². The van der Waals surface area contributed by atoms with E-state index in [0.29, 0.717) is 6.04 Å². The number of hydrogen-bond donors (Lipinski definition) is 1. The molecule has 0 saturated carbocycles. The lowest BCUT2D eigenvalue weighted by Crippen LogP contribution is -2.45. The second-order valence-electron chi connectivity index (χ2n) is 8.66. The molecule has 1 aromatic rings. The third-order valence-electron chi connectivity index (χ3n) is 6.47. The Kier molecular flexibility index (Phi) is 7.38. The molecule has 0 spiro atoms. The van der Waals surface area contributed by atoms with Gasteiger partial charge in [-0.3, -0.25) is 4.90 Å². The van der Waals surface area contributed by atoms with E-state index >= 15 is 0 Å². The molecule has 0 bridgehead atoms. The van der Waals surface area contributed by atoms with Crippen LogP contribution in [0.5, 0.6) is 0 Å². The van der Waals surface area contributed by atoms with Gasteiger partial charge in [0.2, 0.25) is 0 Å². The first-order valence-corrected chi connectivity index (χ1v) is 10.9. The number of nitrogens with zero attached hydrogens (tertiary/aromatic N) is 2. The topological polar surface area (TPSA) is 18.5 Å². The molecular weight excluding hydrogens is 354 g/mol. The first-order chi connectivity index (χ1) is 14.1. The van der Waals surface area contributed by atoms with E-state index < -0.39 is 0 Å². The fourth-order valence-corrected chi connectivity index (χ4v) is 4.94. The van der Waals surface area contributed by atoms with Crippen molar-refractivity contribution in [1.29, 1.82) is 0 Å².